The van der Waals surface area contributed by atoms with Crippen molar-refractivity contribution in [2.45, 2.75) is 19.9 Å². The van der Waals surface area contributed by atoms with Gasteiger partial charge in [0, 0.05) is 5.56 Å². The Labute approximate surface area is 109 Å². The van der Waals surface area contributed by atoms with E-state index in [2.05, 4.69) is 17.2 Å². The molecule has 0 saturated heterocycles. The predicted molar refractivity (Wildman–Crippen MR) is 72.0 cm³/mol. The standard InChI is InChI=1S/C15H19NO2/c1-12(2)14(15(17)18-3)16-11-7-10-13-8-5-4-6-9-13/h4-6,8-9,12,14,16H,11H2,1-3H3. The fourth-order valence-corrected chi connectivity index (χ4v) is 1.55. The van der Waals surface area contributed by atoms with Gasteiger partial charge in [-0.2, -0.15) is 0 Å². The molecular weight excluding hydrogens is 226 g/mol. The van der Waals surface area contributed by atoms with Gasteiger partial charge >= 0.3 is 5.97 Å². The van der Waals surface area contributed by atoms with Crippen molar-refractivity contribution in [3.8, 4) is 11.8 Å². The fraction of sp³-hybridized carbons (Fsp3) is 0.400. The average molecular weight is 245 g/mol. The lowest BCUT2D eigenvalue weighted by molar-refractivity contribution is -0.144. The highest BCUT2D eigenvalue weighted by atomic mass is 16.5. The molecule has 1 aromatic carbocycles. The molecule has 1 rings (SSSR count). The highest BCUT2D eigenvalue weighted by Crippen LogP contribution is 2.02. The Kier molecular flexibility index (Phi) is 5.96. The van der Waals surface area contributed by atoms with Gasteiger partial charge in [0.25, 0.3) is 0 Å². The van der Waals surface area contributed by atoms with Gasteiger partial charge in [0.1, 0.15) is 6.04 Å². The van der Waals surface area contributed by atoms with E-state index in [1.165, 1.54) is 7.11 Å². The predicted octanol–water partition coefficient (Wildman–Crippen LogP) is 1.83. The van der Waals surface area contributed by atoms with Crippen LogP contribution in [0.4, 0.5) is 0 Å². The van der Waals surface area contributed by atoms with E-state index >= 15 is 0 Å². The third kappa shape index (κ3) is 4.60. The molecule has 3 heteroatoms. The van der Waals surface area contributed by atoms with Crippen molar-refractivity contribution in [2.75, 3.05) is 13.7 Å². The Hall–Kier alpha value is -1.79. The lowest BCUT2D eigenvalue weighted by atomic mass is 10.1. The maximum absolute atomic E-state index is 11.5. The number of methoxy groups -OCH3 is 1. The maximum Gasteiger partial charge on any atom is 0.323 e. The summed E-state index contributed by atoms with van der Waals surface area (Å²) in [6.45, 7) is 4.41. The Balaban J connectivity index is 2.50. The van der Waals surface area contributed by atoms with Crippen LogP contribution in [0.3, 0.4) is 0 Å². The van der Waals surface area contributed by atoms with Gasteiger partial charge in [0.05, 0.1) is 13.7 Å². The van der Waals surface area contributed by atoms with Gasteiger partial charge < -0.3 is 4.74 Å². The molecule has 3 nitrogen and oxygen atoms in total. The number of esters is 1. The summed E-state index contributed by atoms with van der Waals surface area (Å²) in [5.74, 6) is 5.96. The van der Waals surface area contributed by atoms with Crippen LogP contribution in [0.2, 0.25) is 0 Å². The molecule has 1 aromatic rings. The Bertz CT molecular complexity index is 429. The molecule has 1 N–H and O–H groups in total. The van der Waals surface area contributed by atoms with Gasteiger partial charge in [-0.15, -0.1) is 0 Å². The SMILES string of the molecule is COC(=O)C(NCC#Cc1ccccc1)C(C)C. The zero-order chi connectivity index (χ0) is 13.4. The van der Waals surface area contributed by atoms with Gasteiger partial charge in [0.15, 0.2) is 0 Å². The quantitative estimate of drug-likeness (QED) is 0.649. The summed E-state index contributed by atoms with van der Waals surface area (Å²) in [6, 6.07) is 9.45. The van der Waals surface area contributed by atoms with Gasteiger partial charge in [-0.05, 0) is 18.1 Å². The Morgan fingerprint density at radius 3 is 2.56 bits per heavy atom. The number of carbonyl (C=O) groups is 1. The molecule has 0 bridgehead atoms. The number of benzene rings is 1. The van der Waals surface area contributed by atoms with E-state index < -0.39 is 0 Å². The molecule has 0 fully saturated rings. The van der Waals surface area contributed by atoms with Gasteiger partial charge in [-0.1, -0.05) is 43.9 Å². The van der Waals surface area contributed by atoms with Crippen molar-refractivity contribution >= 4 is 5.97 Å². The third-order valence-corrected chi connectivity index (χ3v) is 2.54. The topological polar surface area (TPSA) is 38.3 Å². The highest BCUT2D eigenvalue weighted by molar-refractivity contribution is 5.75. The smallest absolute Gasteiger partial charge is 0.323 e. The van der Waals surface area contributed by atoms with Crippen molar-refractivity contribution in [1.29, 1.82) is 0 Å². The van der Waals surface area contributed by atoms with E-state index in [-0.39, 0.29) is 17.9 Å². The van der Waals surface area contributed by atoms with Crippen LogP contribution >= 0.6 is 0 Å². The van der Waals surface area contributed by atoms with Crippen LogP contribution in [0.5, 0.6) is 0 Å². The normalized spacial score (nSPS) is 11.6. The fourth-order valence-electron chi connectivity index (χ4n) is 1.55. The van der Waals surface area contributed by atoms with Crippen molar-refractivity contribution in [1.82, 2.24) is 5.32 Å². The van der Waals surface area contributed by atoms with Crippen LogP contribution in [0.15, 0.2) is 30.3 Å². The molecular formula is C15H19NO2. The molecule has 0 amide bonds. The van der Waals surface area contributed by atoms with Crippen LogP contribution in [-0.4, -0.2) is 25.7 Å². The molecule has 0 aromatic heterocycles. The van der Waals surface area contributed by atoms with E-state index in [9.17, 15) is 4.79 Å². The Morgan fingerprint density at radius 1 is 1.33 bits per heavy atom. The molecule has 1 atom stereocenters. The summed E-state index contributed by atoms with van der Waals surface area (Å²) in [5.41, 5.74) is 0.971. The molecule has 0 aliphatic heterocycles. The van der Waals surface area contributed by atoms with E-state index in [1.807, 2.05) is 44.2 Å². The van der Waals surface area contributed by atoms with Gasteiger partial charge in [0.2, 0.25) is 0 Å². The lowest BCUT2D eigenvalue weighted by Gasteiger charge is -2.18. The molecule has 0 radical (unpaired) electrons. The molecule has 0 aliphatic carbocycles. The van der Waals surface area contributed by atoms with Crippen LogP contribution in [0.1, 0.15) is 19.4 Å². The van der Waals surface area contributed by atoms with E-state index in [0.717, 1.165) is 5.56 Å². The zero-order valence-electron chi connectivity index (χ0n) is 11.1. The lowest BCUT2D eigenvalue weighted by Crippen LogP contribution is -2.41. The van der Waals surface area contributed by atoms with Crippen molar-refractivity contribution in [2.24, 2.45) is 5.92 Å². The average Bonchev–Trinajstić information content (AvgIpc) is 2.38. The Morgan fingerprint density at radius 2 is 2.00 bits per heavy atom. The molecule has 0 saturated carbocycles. The number of hydrogen-bond donors (Lipinski definition) is 1. The largest absolute Gasteiger partial charge is 0.468 e. The van der Waals surface area contributed by atoms with Crippen LogP contribution < -0.4 is 5.32 Å². The van der Waals surface area contributed by atoms with Crippen molar-refractivity contribution in [3.63, 3.8) is 0 Å². The van der Waals surface area contributed by atoms with Crippen molar-refractivity contribution < 1.29 is 9.53 Å². The summed E-state index contributed by atoms with van der Waals surface area (Å²) in [6.07, 6.45) is 0. The number of nitrogens with one attached hydrogen (secondary N) is 1. The zero-order valence-corrected chi connectivity index (χ0v) is 11.1. The molecule has 1 unspecified atom stereocenters. The van der Waals surface area contributed by atoms with Crippen LogP contribution in [0.25, 0.3) is 0 Å². The number of ether oxygens (including phenoxy) is 1. The number of hydrogen-bond acceptors (Lipinski definition) is 3. The van der Waals surface area contributed by atoms with E-state index in [4.69, 9.17) is 4.74 Å². The van der Waals surface area contributed by atoms with Crippen LogP contribution in [-0.2, 0) is 9.53 Å². The van der Waals surface area contributed by atoms with E-state index in [1.54, 1.807) is 0 Å². The summed E-state index contributed by atoms with van der Waals surface area (Å²) >= 11 is 0. The molecule has 0 spiro atoms. The maximum atomic E-state index is 11.5. The van der Waals surface area contributed by atoms with Gasteiger partial charge in [-0.3, -0.25) is 10.1 Å². The molecule has 0 aliphatic rings. The molecule has 96 valence electrons. The second-order valence-electron chi connectivity index (χ2n) is 4.29. The van der Waals surface area contributed by atoms with Gasteiger partial charge in [-0.25, -0.2) is 0 Å². The number of rotatable bonds is 4. The first-order valence-corrected chi connectivity index (χ1v) is 6.00. The highest BCUT2D eigenvalue weighted by Gasteiger charge is 2.21. The first kappa shape index (κ1) is 14.3. The summed E-state index contributed by atoms with van der Waals surface area (Å²) < 4.78 is 4.74. The summed E-state index contributed by atoms with van der Waals surface area (Å²) in [5, 5.41) is 3.09. The molecule has 0 heterocycles. The monoisotopic (exact) mass is 245 g/mol. The first-order chi connectivity index (χ1) is 8.65. The van der Waals surface area contributed by atoms with Crippen LogP contribution in [0, 0.1) is 17.8 Å². The summed E-state index contributed by atoms with van der Waals surface area (Å²) in [7, 11) is 1.40. The minimum Gasteiger partial charge on any atom is -0.468 e. The van der Waals surface area contributed by atoms with Crippen molar-refractivity contribution in [3.05, 3.63) is 35.9 Å². The minimum absolute atomic E-state index is 0.177. The second-order valence-corrected chi connectivity index (χ2v) is 4.29. The van der Waals surface area contributed by atoms with E-state index in [0.29, 0.717) is 6.54 Å². The third-order valence-electron chi connectivity index (χ3n) is 2.54. The number of carbonyl (C=O) groups excluding carboxylic acids is 1. The first-order valence-electron chi connectivity index (χ1n) is 6.00. The minimum atomic E-state index is -0.305. The summed E-state index contributed by atoms with van der Waals surface area (Å²) in [4.78, 5) is 11.5. The second kappa shape index (κ2) is 7.52. The molecule has 18 heavy (non-hydrogen) atoms.